The molecule has 0 saturated carbocycles. The van der Waals surface area contributed by atoms with E-state index in [1.54, 1.807) is 42.3 Å². The lowest BCUT2D eigenvalue weighted by Gasteiger charge is -2.33. The number of anilines is 2. The van der Waals surface area contributed by atoms with Gasteiger partial charge in [-0.1, -0.05) is 24.6 Å². The van der Waals surface area contributed by atoms with Gasteiger partial charge in [0, 0.05) is 48.8 Å². The molecule has 0 radical (unpaired) electrons. The number of ether oxygens (including phenoxy) is 1. The number of carbonyl (C=O) groups excluding carboxylic acids is 2. The van der Waals surface area contributed by atoms with Crippen molar-refractivity contribution in [1.82, 2.24) is 14.6 Å². The number of fused-ring (bicyclic) bond motifs is 1. The molecule has 202 valence electrons. The Bertz CT molecular complexity index is 1700. The summed E-state index contributed by atoms with van der Waals surface area (Å²) in [6, 6.07) is 12.8. The third-order valence-corrected chi connectivity index (χ3v) is 9.30. The van der Waals surface area contributed by atoms with Crippen LogP contribution in [-0.2, 0) is 19.6 Å². The third-order valence-electron chi connectivity index (χ3n) is 7.37. The van der Waals surface area contributed by atoms with Crippen LogP contribution in [0.25, 0.3) is 21.8 Å². The van der Waals surface area contributed by atoms with Crippen molar-refractivity contribution in [2.75, 3.05) is 37.0 Å². The van der Waals surface area contributed by atoms with E-state index in [1.165, 1.54) is 10.4 Å². The first-order valence-corrected chi connectivity index (χ1v) is 14.3. The van der Waals surface area contributed by atoms with Crippen molar-refractivity contribution in [3.05, 3.63) is 54.1 Å². The largest absolute Gasteiger partial charge is 0.385 e. The van der Waals surface area contributed by atoms with Gasteiger partial charge in [0.15, 0.2) is 5.52 Å². The average molecular weight is 550 g/mol. The average Bonchev–Trinajstić information content (AvgIpc) is 3.54. The molecule has 6 rings (SSSR count). The van der Waals surface area contributed by atoms with Gasteiger partial charge in [-0.15, -0.1) is 0 Å². The standard InChI is InChI=1S/C27H27N5O6S/c1-37-16-6-14-31-21-13-12-19(17-7-4-8-18(24(17)21)27(31)34)28-26(33)22-10-2-3-15-32(22)39(35,36)23-11-5-9-20-25(23)30-38-29-20/h4-5,7-9,11-13,22H,2-3,6,10,14-16H2,1H3,(H,28,33). The Labute approximate surface area is 224 Å². The number of piperidine rings is 1. The molecule has 0 spiro atoms. The van der Waals surface area contributed by atoms with Gasteiger partial charge >= 0.3 is 0 Å². The number of amides is 2. The van der Waals surface area contributed by atoms with Crippen LogP contribution < -0.4 is 10.2 Å². The summed E-state index contributed by atoms with van der Waals surface area (Å²) in [6.07, 6.45) is 2.43. The second-order valence-electron chi connectivity index (χ2n) is 9.67. The summed E-state index contributed by atoms with van der Waals surface area (Å²) in [5, 5.41) is 12.0. The van der Waals surface area contributed by atoms with Gasteiger partial charge in [0.05, 0.1) is 5.69 Å². The summed E-state index contributed by atoms with van der Waals surface area (Å²) >= 11 is 0. The van der Waals surface area contributed by atoms with Crippen LogP contribution in [-0.4, -0.2) is 67.7 Å². The normalized spacial score (nSPS) is 17.8. The molecule has 1 aromatic heterocycles. The van der Waals surface area contributed by atoms with Crippen molar-refractivity contribution >= 4 is 55.0 Å². The van der Waals surface area contributed by atoms with Crippen LogP contribution in [0.1, 0.15) is 36.0 Å². The Kier molecular flexibility index (Phi) is 6.53. The van der Waals surface area contributed by atoms with Crippen molar-refractivity contribution in [3.63, 3.8) is 0 Å². The molecule has 3 heterocycles. The van der Waals surface area contributed by atoms with E-state index in [4.69, 9.17) is 9.37 Å². The topological polar surface area (TPSA) is 135 Å². The van der Waals surface area contributed by atoms with Crippen LogP contribution in [0.3, 0.4) is 0 Å². The Morgan fingerprint density at radius 1 is 1.13 bits per heavy atom. The number of hydrogen-bond donors (Lipinski definition) is 1. The predicted octanol–water partition coefficient (Wildman–Crippen LogP) is 3.55. The van der Waals surface area contributed by atoms with E-state index in [2.05, 4.69) is 15.6 Å². The number of nitrogens with zero attached hydrogens (tertiary/aromatic N) is 4. The Hall–Kier alpha value is -3.87. The second-order valence-corrected chi connectivity index (χ2v) is 11.5. The molecule has 1 N–H and O–H groups in total. The molecule has 0 bridgehead atoms. The summed E-state index contributed by atoms with van der Waals surface area (Å²) in [4.78, 5) is 28.5. The van der Waals surface area contributed by atoms with Gasteiger partial charge in [0.1, 0.15) is 16.5 Å². The lowest BCUT2D eigenvalue weighted by Crippen LogP contribution is -2.49. The zero-order valence-corrected chi connectivity index (χ0v) is 22.1. The predicted molar refractivity (Wildman–Crippen MR) is 144 cm³/mol. The van der Waals surface area contributed by atoms with Crippen LogP contribution in [0.4, 0.5) is 11.4 Å². The van der Waals surface area contributed by atoms with Crippen molar-refractivity contribution in [2.45, 2.75) is 36.6 Å². The van der Waals surface area contributed by atoms with Gasteiger partial charge in [-0.25, -0.2) is 13.0 Å². The number of hydrogen-bond acceptors (Lipinski definition) is 8. The highest BCUT2D eigenvalue weighted by Crippen LogP contribution is 2.41. The van der Waals surface area contributed by atoms with Crippen molar-refractivity contribution in [2.24, 2.45) is 0 Å². The fourth-order valence-electron chi connectivity index (χ4n) is 5.53. The maximum atomic E-state index is 13.7. The SMILES string of the molecule is COCCCN1C(=O)c2cccc3c(NC(=O)C4CCCCN4S(=O)(=O)c4cccc5nonc45)ccc1c23. The highest BCUT2D eigenvalue weighted by atomic mass is 32.2. The molecule has 3 aromatic carbocycles. The first kappa shape index (κ1) is 25.4. The van der Waals surface area contributed by atoms with Crippen LogP contribution in [0.5, 0.6) is 0 Å². The van der Waals surface area contributed by atoms with Gasteiger partial charge < -0.3 is 15.0 Å². The van der Waals surface area contributed by atoms with Crippen molar-refractivity contribution in [1.29, 1.82) is 0 Å². The molecule has 1 unspecified atom stereocenters. The summed E-state index contributed by atoms with van der Waals surface area (Å²) in [5.74, 6) is -0.512. The molecular formula is C27H27N5O6S. The number of aromatic nitrogens is 2. The molecule has 1 fully saturated rings. The fraction of sp³-hybridized carbons (Fsp3) is 0.333. The third kappa shape index (κ3) is 4.24. The van der Waals surface area contributed by atoms with Gasteiger partial charge in [-0.3, -0.25) is 9.59 Å². The molecule has 12 heteroatoms. The van der Waals surface area contributed by atoms with Crippen LogP contribution in [0.15, 0.2) is 58.1 Å². The number of rotatable bonds is 8. The molecule has 0 aliphatic carbocycles. The second kappa shape index (κ2) is 10.0. The van der Waals surface area contributed by atoms with E-state index >= 15 is 0 Å². The van der Waals surface area contributed by atoms with E-state index in [9.17, 15) is 18.0 Å². The summed E-state index contributed by atoms with van der Waals surface area (Å²) in [5.41, 5.74) is 2.35. The lowest BCUT2D eigenvalue weighted by atomic mass is 10.0. The summed E-state index contributed by atoms with van der Waals surface area (Å²) < 4.78 is 38.6. The molecule has 2 amide bonds. The van der Waals surface area contributed by atoms with Crippen molar-refractivity contribution < 1.29 is 27.4 Å². The van der Waals surface area contributed by atoms with Crippen LogP contribution in [0.2, 0.25) is 0 Å². The molecule has 1 saturated heterocycles. The molecule has 2 aliphatic heterocycles. The summed E-state index contributed by atoms with van der Waals surface area (Å²) in [7, 11) is -2.44. The minimum absolute atomic E-state index is 0.0432. The molecule has 4 aromatic rings. The molecular weight excluding hydrogens is 522 g/mol. The smallest absolute Gasteiger partial charge is 0.258 e. The highest BCUT2D eigenvalue weighted by Gasteiger charge is 2.39. The number of carbonyl (C=O) groups is 2. The number of methoxy groups -OCH3 is 1. The minimum Gasteiger partial charge on any atom is -0.385 e. The zero-order chi connectivity index (χ0) is 27.1. The van der Waals surface area contributed by atoms with E-state index in [0.717, 1.165) is 16.5 Å². The first-order valence-electron chi connectivity index (χ1n) is 12.8. The number of nitrogens with one attached hydrogen (secondary N) is 1. The van der Waals surface area contributed by atoms with Crippen molar-refractivity contribution in [3.8, 4) is 0 Å². The van der Waals surface area contributed by atoms with Gasteiger partial charge in [0.2, 0.25) is 15.9 Å². The van der Waals surface area contributed by atoms with Gasteiger partial charge in [-0.05, 0) is 59.9 Å². The fourth-order valence-corrected chi connectivity index (χ4v) is 7.33. The Morgan fingerprint density at radius 3 is 2.82 bits per heavy atom. The van der Waals surface area contributed by atoms with E-state index in [-0.39, 0.29) is 22.9 Å². The monoisotopic (exact) mass is 549 g/mol. The quantitative estimate of drug-likeness (QED) is 0.330. The van der Waals surface area contributed by atoms with Gasteiger partial charge in [0.25, 0.3) is 5.91 Å². The maximum Gasteiger partial charge on any atom is 0.258 e. The number of benzene rings is 3. The maximum absolute atomic E-state index is 13.7. The lowest BCUT2D eigenvalue weighted by molar-refractivity contribution is -0.120. The van der Waals surface area contributed by atoms with E-state index in [1.807, 2.05) is 12.1 Å². The van der Waals surface area contributed by atoms with Gasteiger partial charge in [-0.2, -0.15) is 4.31 Å². The minimum atomic E-state index is -4.07. The van der Waals surface area contributed by atoms with Crippen LogP contribution in [0, 0.1) is 0 Å². The number of sulfonamides is 1. The molecule has 11 nitrogen and oxygen atoms in total. The Balaban J connectivity index is 1.31. The van der Waals surface area contributed by atoms with E-state index < -0.39 is 22.0 Å². The molecule has 1 atom stereocenters. The Morgan fingerprint density at radius 2 is 1.97 bits per heavy atom. The van der Waals surface area contributed by atoms with E-state index in [0.29, 0.717) is 55.6 Å². The molecule has 39 heavy (non-hydrogen) atoms. The summed E-state index contributed by atoms with van der Waals surface area (Å²) in [6.45, 7) is 1.27. The zero-order valence-electron chi connectivity index (χ0n) is 21.3. The molecule has 2 aliphatic rings. The highest BCUT2D eigenvalue weighted by molar-refractivity contribution is 7.89. The van der Waals surface area contributed by atoms with Crippen LogP contribution >= 0.6 is 0 Å². The first-order chi connectivity index (χ1) is 18.9.